The van der Waals surface area contributed by atoms with E-state index in [1.807, 2.05) is 6.07 Å². The SMILES string of the molecule is Fc1ccc(Br)cc1CNCCC1CCCCN1. The lowest BCUT2D eigenvalue weighted by molar-refractivity contribution is 0.376. The van der Waals surface area contributed by atoms with Crippen LogP contribution in [-0.2, 0) is 6.54 Å². The lowest BCUT2D eigenvalue weighted by atomic mass is 10.0. The van der Waals surface area contributed by atoms with Crippen molar-refractivity contribution in [3.63, 3.8) is 0 Å². The minimum atomic E-state index is -0.138. The first-order chi connectivity index (χ1) is 8.75. The number of halogens is 2. The predicted octanol–water partition coefficient (Wildman–Crippen LogP) is 3.21. The zero-order chi connectivity index (χ0) is 12.8. The van der Waals surface area contributed by atoms with Gasteiger partial charge in [-0.25, -0.2) is 4.39 Å². The van der Waals surface area contributed by atoms with Gasteiger partial charge in [-0.05, 0) is 50.6 Å². The van der Waals surface area contributed by atoms with E-state index < -0.39 is 0 Å². The Kier molecular flexibility index (Phi) is 5.60. The summed E-state index contributed by atoms with van der Waals surface area (Å²) in [5.41, 5.74) is 0.723. The third-order valence-corrected chi connectivity index (χ3v) is 3.90. The molecule has 1 atom stereocenters. The number of hydrogen-bond acceptors (Lipinski definition) is 2. The molecule has 100 valence electrons. The smallest absolute Gasteiger partial charge is 0.127 e. The van der Waals surface area contributed by atoms with Gasteiger partial charge in [-0.15, -0.1) is 0 Å². The van der Waals surface area contributed by atoms with Crippen molar-refractivity contribution in [2.75, 3.05) is 13.1 Å². The molecule has 1 aliphatic rings. The van der Waals surface area contributed by atoms with E-state index in [4.69, 9.17) is 0 Å². The van der Waals surface area contributed by atoms with Gasteiger partial charge in [0.15, 0.2) is 0 Å². The normalized spacial score (nSPS) is 20.0. The molecule has 1 heterocycles. The molecule has 1 saturated heterocycles. The Morgan fingerprint density at radius 1 is 1.39 bits per heavy atom. The third-order valence-electron chi connectivity index (χ3n) is 3.41. The van der Waals surface area contributed by atoms with Gasteiger partial charge in [-0.1, -0.05) is 22.4 Å². The van der Waals surface area contributed by atoms with Crippen molar-refractivity contribution in [1.29, 1.82) is 0 Å². The first kappa shape index (κ1) is 14.0. The van der Waals surface area contributed by atoms with Crippen LogP contribution in [0.3, 0.4) is 0 Å². The van der Waals surface area contributed by atoms with Gasteiger partial charge in [0.2, 0.25) is 0 Å². The molecule has 0 saturated carbocycles. The summed E-state index contributed by atoms with van der Waals surface area (Å²) in [6.07, 6.45) is 5.02. The van der Waals surface area contributed by atoms with Crippen LogP contribution in [0.5, 0.6) is 0 Å². The maximum Gasteiger partial charge on any atom is 0.127 e. The fourth-order valence-electron chi connectivity index (χ4n) is 2.35. The van der Waals surface area contributed by atoms with Gasteiger partial charge >= 0.3 is 0 Å². The molecular weight excluding hydrogens is 295 g/mol. The lowest BCUT2D eigenvalue weighted by Gasteiger charge is -2.23. The van der Waals surface area contributed by atoms with Crippen LogP contribution in [0.2, 0.25) is 0 Å². The summed E-state index contributed by atoms with van der Waals surface area (Å²) in [6, 6.07) is 5.70. The van der Waals surface area contributed by atoms with E-state index in [0.29, 0.717) is 12.6 Å². The van der Waals surface area contributed by atoms with Crippen LogP contribution in [0.15, 0.2) is 22.7 Å². The first-order valence-electron chi connectivity index (χ1n) is 6.64. The molecule has 2 nitrogen and oxygen atoms in total. The van der Waals surface area contributed by atoms with E-state index in [1.165, 1.54) is 25.3 Å². The summed E-state index contributed by atoms with van der Waals surface area (Å²) < 4.78 is 14.4. The van der Waals surface area contributed by atoms with Crippen LogP contribution in [0, 0.1) is 5.82 Å². The Balaban J connectivity index is 1.69. The van der Waals surface area contributed by atoms with Crippen LogP contribution in [0.4, 0.5) is 4.39 Å². The van der Waals surface area contributed by atoms with Gasteiger partial charge in [0, 0.05) is 22.6 Å². The highest BCUT2D eigenvalue weighted by atomic mass is 79.9. The molecule has 1 aromatic rings. The zero-order valence-electron chi connectivity index (χ0n) is 10.5. The molecule has 1 aliphatic heterocycles. The number of rotatable bonds is 5. The summed E-state index contributed by atoms with van der Waals surface area (Å²) >= 11 is 3.36. The third kappa shape index (κ3) is 4.34. The van der Waals surface area contributed by atoms with Gasteiger partial charge in [-0.2, -0.15) is 0 Å². The van der Waals surface area contributed by atoms with Crippen molar-refractivity contribution in [3.05, 3.63) is 34.1 Å². The van der Waals surface area contributed by atoms with Crippen molar-refractivity contribution in [1.82, 2.24) is 10.6 Å². The van der Waals surface area contributed by atoms with Crippen molar-refractivity contribution in [2.24, 2.45) is 0 Å². The van der Waals surface area contributed by atoms with Crippen molar-refractivity contribution in [3.8, 4) is 0 Å². The lowest BCUT2D eigenvalue weighted by Crippen LogP contribution is -2.36. The maximum atomic E-state index is 13.5. The van der Waals surface area contributed by atoms with Crippen LogP contribution in [-0.4, -0.2) is 19.1 Å². The van der Waals surface area contributed by atoms with Gasteiger partial charge in [-0.3, -0.25) is 0 Å². The number of piperidine rings is 1. The number of hydrogen-bond donors (Lipinski definition) is 2. The van der Waals surface area contributed by atoms with E-state index >= 15 is 0 Å². The summed E-state index contributed by atoms with van der Waals surface area (Å²) in [4.78, 5) is 0. The average molecular weight is 315 g/mol. The summed E-state index contributed by atoms with van der Waals surface area (Å²) in [7, 11) is 0. The van der Waals surface area contributed by atoms with Crippen LogP contribution in [0.25, 0.3) is 0 Å². The molecule has 2 N–H and O–H groups in total. The molecule has 1 unspecified atom stereocenters. The Labute approximate surface area is 116 Å². The molecule has 0 bridgehead atoms. The highest BCUT2D eigenvalue weighted by Gasteiger charge is 2.11. The Hall–Kier alpha value is -0.450. The molecular formula is C14H20BrFN2. The van der Waals surface area contributed by atoms with E-state index in [-0.39, 0.29) is 5.82 Å². The average Bonchev–Trinajstić information content (AvgIpc) is 2.40. The molecule has 18 heavy (non-hydrogen) atoms. The van der Waals surface area contributed by atoms with Gasteiger partial charge in [0.25, 0.3) is 0 Å². The van der Waals surface area contributed by atoms with Crippen molar-refractivity contribution >= 4 is 15.9 Å². The maximum absolute atomic E-state index is 13.5. The molecule has 4 heteroatoms. The molecule has 1 fully saturated rings. The van der Waals surface area contributed by atoms with E-state index in [2.05, 4.69) is 26.6 Å². The predicted molar refractivity (Wildman–Crippen MR) is 76.1 cm³/mol. The number of benzene rings is 1. The fraction of sp³-hybridized carbons (Fsp3) is 0.571. The molecule has 0 aromatic heterocycles. The quantitative estimate of drug-likeness (QED) is 0.815. The molecule has 0 spiro atoms. The Morgan fingerprint density at radius 3 is 3.06 bits per heavy atom. The molecule has 0 radical (unpaired) electrons. The Morgan fingerprint density at radius 2 is 2.28 bits per heavy atom. The van der Waals surface area contributed by atoms with Crippen LogP contribution in [0.1, 0.15) is 31.2 Å². The fourth-order valence-corrected chi connectivity index (χ4v) is 2.76. The zero-order valence-corrected chi connectivity index (χ0v) is 12.1. The Bertz CT molecular complexity index is 378. The van der Waals surface area contributed by atoms with Crippen LogP contribution >= 0.6 is 15.9 Å². The second-order valence-electron chi connectivity index (χ2n) is 4.85. The molecule has 1 aromatic carbocycles. The van der Waals surface area contributed by atoms with E-state index in [1.54, 1.807) is 6.07 Å². The van der Waals surface area contributed by atoms with Gasteiger partial charge < -0.3 is 10.6 Å². The molecule has 2 rings (SSSR count). The van der Waals surface area contributed by atoms with Crippen LogP contribution < -0.4 is 10.6 Å². The highest BCUT2D eigenvalue weighted by molar-refractivity contribution is 9.10. The highest BCUT2D eigenvalue weighted by Crippen LogP contribution is 2.15. The standard InChI is InChI=1S/C14H20BrFN2/c15-12-4-5-14(16)11(9-12)10-17-8-6-13-3-1-2-7-18-13/h4-5,9,13,17-18H,1-3,6-8,10H2. The molecule has 0 aliphatic carbocycles. The van der Waals surface area contributed by atoms with Crippen molar-refractivity contribution < 1.29 is 4.39 Å². The second kappa shape index (κ2) is 7.22. The summed E-state index contributed by atoms with van der Waals surface area (Å²) in [6.45, 7) is 2.67. The summed E-state index contributed by atoms with van der Waals surface area (Å²) in [5.74, 6) is -0.138. The minimum Gasteiger partial charge on any atom is -0.314 e. The topological polar surface area (TPSA) is 24.1 Å². The van der Waals surface area contributed by atoms with Crippen molar-refractivity contribution in [2.45, 2.75) is 38.3 Å². The van der Waals surface area contributed by atoms with E-state index in [0.717, 1.165) is 29.5 Å². The van der Waals surface area contributed by atoms with E-state index in [9.17, 15) is 4.39 Å². The molecule has 0 amide bonds. The van der Waals surface area contributed by atoms with Gasteiger partial charge in [0.05, 0.1) is 0 Å². The largest absolute Gasteiger partial charge is 0.314 e. The van der Waals surface area contributed by atoms with Gasteiger partial charge in [0.1, 0.15) is 5.82 Å². The summed E-state index contributed by atoms with van der Waals surface area (Å²) in [5, 5.41) is 6.83. The number of nitrogens with one attached hydrogen (secondary N) is 2. The monoisotopic (exact) mass is 314 g/mol. The first-order valence-corrected chi connectivity index (χ1v) is 7.43. The minimum absolute atomic E-state index is 0.138. The second-order valence-corrected chi connectivity index (χ2v) is 5.76.